The van der Waals surface area contributed by atoms with Crippen molar-refractivity contribution in [3.8, 4) is 0 Å². The summed E-state index contributed by atoms with van der Waals surface area (Å²) in [6.07, 6.45) is -1.80. The van der Waals surface area contributed by atoms with Crippen LogP contribution in [-0.2, 0) is 14.3 Å². The Hall–Kier alpha value is -1.99. The first-order valence-electron chi connectivity index (χ1n) is 7.08. The highest BCUT2D eigenvalue weighted by atomic mass is 16.6. The van der Waals surface area contributed by atoms with E-state index < -0.39 is 41.8 Å². The number of hydrogen-bond acceptors (Lipinski definition) is 6. The van der Waals surface area contributed by atoms with E-state index in [-0.39, 0.29) is 13.0 Å². The van der Waals surface area contributed by atoms with Crippen LogP contribution in [0.25, 0.3) is 10.4 Å². The van der Waals surface area contributed by atoms with Crippen LogP contribution in [0.2, 0.25) is 0 Å². The number of carbonyl (C=O) groups is 2. The molecule has 1 amide bonds. The SMILES string of the molecule is CCOC(=O)[C@H]1C[C@@H](NC(=O)OC(C)(C)C)[C@H](N=[N+]=[N-])[C@H]1O. The first-order valence-corrected chi connectivity index (χ1v) is 7.08. The van der Waals surface area contributed by atoms with Gasteiger partial charge >= 0.3 is 12.1 Å². The van der Waals surface area contributed by atoms with E-state index in [1.807, 2.05) is 0 Å². The van der Waals surface area contributed by atoms with Crippen LogP contribution >= 0.6 is 0 Å². The topological polar surface area (TPSA) is 134 Å². The number of ether oxygens (including phenoxy) is 2. The quantitative estimate of drug-likeness (QED) is 0.351. The Labute approximate surface area is 128 Å². The van der Waals surface area contributed by atoms with Crippen LogP contribution in [0.1, 0.15) is 34.1 Å². The minimum atomic E-state index is -1.21. The molecule has 4 atom stereocenters. The number of alkyl carbamates (subject to hydrolysis) is 1. The van der Waals surface area contributed by atoms with Crippen LogP contribution < -0.4 is 5.32 Å². The molecule has 0 heterocycles. The predicted molar refractivity (Wildman–Crippen MR) is 76.8 cm³/mol. The lowest BCUT2D eigenvalue weighted by molar-refractivity contribution is -0.151. The number of hydrogen-bond donors (Lipinski definition) is 2. The number of amides is 1. The van der Waals surface area contributed by atoms with Gasteiger partial charge in [0.25, 0.3) is 0 Å². The Kier molecular flexibility index (Phi) is 6.01. The summed E-state index contributed by atoms with van der Waals surface area (Å²) in [6, 6.07) is -1.65. The molecule has 1 aliphatic carbocycles. The largest absolute Gasteiger partial charge is 0.466 e. The molecule has 9 nitrogen and oxygen atoms in total. The number of azide groups is 1. The lowest BCUT2D eigenvalue weighted by Crippen LogP contribution is -2.44. The highest BCUT2D eigenvalue weighted by Crippen LogP contribution is 2.30. The fraction of sp³-hybridized carbons (Fsp3) is 0.846. The normalized spacial score (nSPS) is 27.7. The first kappa shape index (κ1) is 18.1. The second kappa shape index (κ2) is 7.33. The molecule has 0 spiro atoms. The first-order chi connectivity index (χ1) is 10.2. The molecule has 1 aliphatic rings. The number of aliphatic hydroxyl groups excluding tert-OH is 1. The van der Waals surface area contributed by atoms with Crippen LogP contribution in [-0.4, -0.2) is 47.6 Å². The van der Waals surface area contributed by atoms with Crippen molar-refractivity contribution in [3.63, 3.8) is 0 Å². The van der Waals surface area contributed by atoms with Gasteiger partial charge in [-0.3, -0.25) is 4.79 Å². The van der Waals surface area contributed by atoms with E-state index in [0.29, 0.717) is 0 Å². The van der Waals surface area contributed by atoms with E-state index >= 15 is 0 Å². The molecule has 22 heavy (non-hydrogen) atoms. The summed E-state index contributed by atoms with van der Waals surface area (Å²) in [7, 11) is 0. The summed E-state index contributed by atoms with van der Waals surface area (Å²) in [5.41, 5.74) is 7.91. The zero-order valence-electron chi connectivity index (χ0n) is 13.1. The molecule has 1 fully saturated rings. The molecule has 0 aliphatic heterocycles. The molecule has 0 saturated heterocycles. The van der Waals surface area contributed by atoms with E-state index in [0.717, 1.165) is 0 Å². The molecular formula is C13H22N4O5. The summed E-state index contributed by atoms with van der Waals surface area (Å²) in [6.45, 7) is 6.96. The number of esters is 1. The molecule has 0 aromatic carbocycles. The Morgan fingerprint density at radius 1 is 1.45 bits per heavy atom. The van der Waals surface area contributed by atoms with Crippen molar-refractivity contribution in [3.05, 3.63) is 10.4 Å². The summed E-state index contributed by atoms with van der Waals surface area (Å²) >= 11 is 0. The van der Waals surface area contributed by atoms with Gasteiger partial charge in [-0.05, 0) is 39.6 Å². The number of nitrogens with one attached hydrogen (secondary N) is 1. The summed E-state index contributed by atoms with van der Waals surface area (Å²) in [5, 5.41) is 16.1. The van der Waals surface area contributed by atoms with Crippen molar-refractivity contribution in [1.82, 2.24) is 5.32 Å². The van der Waals surface area contributed by atoms with Gasteiger partial charge in [-0.2, -0.15) is 0 Å². The number of nitrogens with zero attached hydrogens (tertiary/aromatic N) is 3. The second-order valence-corrected chi connectivity index (χ2v) is 6.03. The Morgan fingerprint density at radius 3 is 2.59 bits per heavy atom. The van der Waals surface area contributed by atoms with E-state index in [1.54, 1.807) is 27.7 Å². The molecule has 0 aromatic heterocycles. The molecular weight excluding hydrogens is 292 g/mol. The average Bonchev–Trinajstić information content (AvgIpc) is 2.66. The fourth-order valence-corrected chi connectivity index (χ4v) is 2.33. The molecule has 1 saturated carbocycles. The maximum atomic E-state index is 11.8. The van der Waals surface area contributed by atoms with Gasteiger partial charge < -0.3 is 19.9 Å². The van der Waals surface area contributed by atoms with Gasteiger partial charge in [0.15, 0.2) is 0 Å². The zero-order chi connectivity index (χ0) is 16.9. The van der Waals surface area contributed by atoms with Crippen molar-refractivity contribution >= 4 is 12.1 Å². The standard InChI is InChI=1S/C13H22N4O5/c1-5-21-11(19)7-6-8(9(10(7)18)16-17-14)15-12(20)22-13(2,3)4/h7-10,18H,5-6H2,1-4H3,(H,15,20)/t7-,8+,9-,10-/m0/s1. The Bertz CT molecular complexity index is 470. The van der Waals surface area contributed by atoms with E-state index in [2.05, 4.69) is 15.3 Å². The van der Waals surface area contributed by atoms with Gasteiger partial charge in [0.05, 0.1) is 24.7 Å². The van der Waals surface area contributed by atoms with Crippen LogP contribution in [0.5, 0.6) is 0 Å². The zero-order valence-corrected chi connectivity index (χ0v) is 13.1. The number of aliphatic hydroxyl groups is 1. The third-order valence-corrected chi connectivity index (χ3v) is 3.16. The monoisotopic (exact) mass is 314 g/mol. The van der Waals surface area contributed by atoms with E-state index in [1.165, 1.54) is 0 Å². The second-order valence-electron chi connectivity index (χ2n) is 6.03. The minimum absolute atomic E-state index is 0.114. The van der Waals surface area contributed by atoms with Crippen molar-refractivity contribution in [2.75, 3.05) is 6.61 Å². The van der Waals surface area contributed by atoms with Gasteiger partial charge in [-0.1, -0.05) is 5.11 Å². The highest BCUT2D eigenvalue weighted by molar-refractivity contribution is 5.74. The molecule has 9 heteroatoms. The molecule has 0 bridgehead atoms. The molecule has 0 unspecified atom stereocenters. The lowest BCUT2D eigenvalue weighted by Gasteiger charge is -2.23. The average molecular weight is 314 g/mol. The number of carbonyl (C=O) groups excluding carboxylic acids is 2. The van der Waals surface area contributed by atoms with Gasteiger partial charge in [-0.15, -0.1) is 0 Å². The third kappa shape index (κ3) is 4.78. The molecule has 0 radical (unpaired) electrons. The number of rotatable bonds is 4. The maximum absolute atomic E-state index is 11.8. The smallest absolute Gasteiger partial charge is 0.407 e. The summed E-state index contributed by atoms with van der Waals surface area (Å²) in [5.74, 6) is -1.43. The van der Waals surface area contributed by atoms with Gasteiger partial charge in [0.2, 0.25) is 0 Å². The van der Waals surface area contributed by atoms with E-state index in [4.69, 9.17) is 15.0 Å². The van der Waals surface area contributed by atoms with Gasteiger partial charge in [0, 0.05) is 11.0 Å². The highest BCUT2D eigenvalue weighted by Gasteiger charge is 2.47. The van der Waals surface area contributed by atoms with Crippen molar-refractivity contribution in [2.24, 2.45) is 11.0 Å². The summed E-state index contributed by atoms with van der Waals surface area (Å²) < 4.78 is 10.0. The van der Waals surface area contributed by atoms with Crippen LogP contribution in [0.15, 0.2) is 5.11 Å². The molecule has 0 aromatic rings. The predicted octanol–water partition coefficient (Wildman–Crippen LogP) is 1.50. The Morgan fingerprint density at radius 2 is 2.09 bits per heavy atom. The van der Waals surface area contributed by atoms with Crippen molar-refractivity contribution in [2.45, 2.75) is 57.9 Å². The lowest BCUT2D eigenvalue weighted by atomic mass is 10.1. The van der Waals surface area contributed by atoms with Gasteiger partial charge in [0.1, 0.15) is 5.60 Å². The van der Waals surface area contributed by atoms with Crippen LogP contribution in [0, 0.1) is 5.92 Å². The fourth-order valence-electron chi connectivity index (χ4n) is 2.33. The van der Waals surface area contributed by atoms with Crippen molar-refractivity contribution in [1.29, 1.82) is 0 Å². The van der Waals surface area contributed by atoms with Gasteiger partial charge in [-0.25, -0.2) is 4.79 Å². The minimum Gasteiger partial charge on any atom is -0.466 e. The molecule has 2 N–H and O–H groups in total. The van der Waals surface area contributed by atoms with Crippen LogP contribution in [0.4, 0.5) is 4.79 Å². The molecule has 124 valence electrons. The third-order valence-electron chi connectivity index (χ3n) is 3.16. The molecule has 1 rings (SSSR count). The van der Waals surface area contributed by atoms with Crippen LogP contribution in [0.3, 0.4) is 0 Å². The maximum Gasteiger partial charge on any atom is 0.407 e. The van der Waals surface area contributed by atoms with Crippen molar-refractivity contribution < 1.29 is 24.2 Å². The summed E-state index contributed by atoms with van der Waals surface area (Å²) in [4.78, 5) is 26.3. The Balaban J connectivity index is 2.81. The van der Waals surface area contributed by atoms with E-state index in [9.17, 15) is 14.7 Å².